The van der Waals surface area contributed by atoms with Crippen LogP contribution in [-0.4, -0.2) is 15.5 Å². The number of rotatable bonds is 2. The Morgan fingerprint density at radius 1 is 1.90 bits per heavy atom. The van der Waals surface area contributed by atoms with Crippen LogP contribution < -0.4 is 5.73 Å². The van der Waals surface area contributed by atoms with Crippen molar-refractivity contribution in [3.05, 3.63) is 18.2 Å². The number of hydrogen-bond donors (Lipinski definition) is 0. The van der Waals surface area contributed by atoms with Gasteiger partial charge in [-0.1, -0.05) is 0 Å². The molecular weight excluding hydrogens is 130 g/mol. The lowest BCUT2D eigenvalue weighted by molar-refractivity contribution is -0.118. The van der Waals surface area contributed by atoms with Crippen molar-refractivity contribution in [1.29, 1.82) is 0 Å². The molecule has 1 aromatic heterocycles. The molecule has 10 heavy (non-hydrogen) atoms. The Morgan fingerprint density at radius 3 is 3.00 bits per heavy atom. The smallest absolute Gasteiger partial charge is 0.244 e. The van der Waals surface area contributed by atoms with Gasteiger partial charge >= 0.3 is 0 Å². The molecule has 1 aromatic rings. The topological polar surface area (TPSA) is 58.7 Å². The Bertz CT molecular complexity index is 241. The third-order valence-electron chi connectivity index (χ3n) is 1.26. The lowest BCUT2D eigenvalue weighted by Gasteiger charge is -1.95. The first-order valence-electron chi connectivity index (χ1n) is 2.90. The highest BCUT2D eigenvalue weighted by molar-refractivity contribution is 5.75. The monoisotopic (exact) mass is 138 g/mol. The Kier molecular flexibility index (Phi) is 1.71. The van der Waals surface area contributed by atoms with Gasteiger partial charge in [-0.3, -0.25) is 10.5 Å². The van der Waals surface area contributed by atoms with Crippen molar-refractivity contribution in [3.8, 4) is 0 Å². The molecule has 0 aliphatic heterocycles. The second kappa shape index (κ2) is 2.51. The summed E-state index contributed by atoms with van der Waals surface area (Å²) in [5, 5.41) is 0. The molecular formula is C6H8N3O. The number of aromatic nitrogens is 2. The van der Waals surface area contributed by atoms with Crippen molar-refractivity contribution >= 4 is 5.91 Å². The van der Waals surface area contributed by atoms with E-state index in [2.05, 4.69) is 4.98 Å². The molecule has 0 atom stereocenters. The molecule has 0 aromatic carbocycles. The molecule has 0 spiro atoms. The molecule has 0 aliphatic rings. The molecule has 53 valence electrons. The molecule has 1 amide bonds. The Labute approximate surface area is 58.7 Å². The van der Waals surface area contributed by atoms with Crippen LogP contribution in [0.5, 0.6) is 0 Å². The minimum Gasteiger partial charge on any atom is -0.337 e. The van der Waals surface area contributed by atoms with E-state index < -0.39 is 5.91 Å². The fraction of sp³-hybridized carbons (Fsp3) is 0.333. The van der Waals surface area contributed by atoms with Crippen LogP contribution in [0, 0.1) is 0 Å². The number of carbonyl (C=O) groups excluding carboxylic acids is 1. The van der Waals surface area contributed by atoms with Crippen LogP contribution in [0.4, 0.5) is 0 Å². The highest BCUT2D eigenvalue weighted by Gasteiger charge is 2.01. The molecule has 1 rings (SSSR count). The van der Waals surface area contributed by atoms with Crippen LogP contribution in [0.25, 0.3) is 0 Å². The zero-order valence-corrected chi connectivity index (χ0v) is 5.66. The largest absolute Gasteiger partial charge is 0.337 e. The summed E-state index contributed by atoms with van der Waals surface area (Å²) in [7, 11) is 1.80. The van der Waals surface area contributed by atoms with Crippen LogP contribution >= 0.6 is 0 Å². The standard InChI is InChI=1S/C6H8N3O/c1-9-4-8-3-5(9)2-6(7)10/h3-4,7H,2H2,1H3. The molecule has 0 saturated carbocycles. The van der Waals surface area contributed by atoms with Gasteiger partial charge in [-0.05, 0) is 0 Å². The van der Waals surface area contributed by atoms with Crippen molar-refractivity contribution in [3.63, 3.8) is 0 Å². The summed E-state index contributed by atoms with van der Waals surface area (Å²) in [6.45, 7) is 0. The van der Waals surface area contributed by atoms with Gasteiger partial charge in [0.1, 0.15) is 0 Å². The summed E-state index contributed by atoms with van der Waals surface area (Å²) < 4.78 is 1.73. The normalized spacial score (nSPS) is 9.70. The van der Waals surface area contributed by atoms with Crippen molar-refractivity contribution in [2.75, 3.05) is 0 Å². The second-order valence-corrected chi connectivity index (χ2v) is 2.10. The molecule has 0 fully saturated rings. The zero-order valence-electron chi connectivity index (χ0n) is 5.66. The number of nitrogens with zero attached hydrogens (tertiary/aromatic N) is 2. The fourth-order valence-corrected chi connectivity index (χ4v) is 0.719. The van der Waals surface area contributed by atoms with E-state index in [1.165, 1.54) is 0 Å². The molecule has 1 radical (unpaired) electrons. The number of imidazole rings is 1. The van der Waals surface area contributed by atoms with Gasteiger partial charge in [0, 0.05) is 18.9 Å². The minimum absolute atomic E-state index is 0.149. The molecule has 0 bridgehead atoms. The van der Waals surface area contributed by atoms with Crippen LogP contribution in [-0.2, 0) is 18.3 Å². The van der Waals surface area contributed by atoms with Gasteiger partial charge < -0.3 is 4.57 Å². The Morgan fingerprint density at radius 2 is 2.60 bits per heavy atom. The number of amides is 1. The first kappa shape index (κ1) is 6.80. The van der Waals surface area contributed by atoms with Crippen molar-refractivity contribution < 1.29 is 4.79 Å². The minimum atomic E-state index is -0.580. The molecule has 4 heteroatoms. The maximum absolute atomic E-state index is 10.3. The van der Waals surface area contributed by atoms with Gasteiger partial charge in [0.2, 0.25) is 5.91 Å². The molecule has 4 nitrogen and oxygen atoms in total. The van der Waals surface area contributed by atoms with E-state index in [1.54, 1.807) is 24.1 Å². The average molecular weight is 138 g/mol. The van der Waals surface area contributed by atoms with Gasteiger partial charge in [0.25, 0.3) is 0 Å². The summed E-state index contributed by atoms with van der Waals surface area (Å²) in [5.41, 5.74) is 7.45. The highest BCUT2D eigenvalue weighted by atomic mass is 16.1. The van der Waals surface area contributed by atoms with E-state index in [9.17, 15) is 4.79 Å². The van der Waals surface area contributed by atoms with Crippen LogP contribution in [0.1, 0.15) is 5.69 Å². The van der Waals surface area contributed by atoms with Gasteiger partial charge in [0.15, 0.2) is 0 Å². The lowest BCUT2D eigenvalue weighted by atomic mass is 10.3. The van der Waals surface area contributed by atoms with E-state index in [0.29, 0.717) is 0 Å². The predicted octanol–water partition coefficient (Wildman–Crippen LogP) is -0.228. The van der Waals surface area contributed by atoms with Gasteiger partial charge in [-0.25, -0.2) is 4.98 Å². The summed E-state index contributed by atoms with van der Waals surface area (Å²) in [4.78, 5) is 14.1. The fourth-order valence-electron chi connectivity index (χ4n) is 0.719. The summed E-state index contributed by atoms with van der Waals surface area (Å²) in [6, 6.07) is 0. The van der Waals surface area contributed by atoms with E-state index in [0.717, 1.165) is 5.69 Å². The van der Waals surface area contributed by atoms with Gasteiger partial charge in [0.05, 0.1) is 12.7 Å². The SMILES string of the molecule is Cn1cncc1CC([NH])=O. The quantitative estimate of drug-likeness (QED) is 0.566. The van der Waals surface area contributed by atoms with Crippen LogP contribution in [0.15, 0.2) is 12.5 Å². The van der Waals surface area contributed by atoms with E-state index in [-0.39, 0.29) is 6.42 Å². The van der Waals surface area contributed by atoms with Gasteiger partial charge in [-0.15, -0.1) is 0 Å². The number of hydrogen-bond acceptors (Lipinski definition) is 2. The van der Waals surface area contributed by atoms with Crippen molar-refractivity contribution in [1.82, 2.24) is 15.3 Å². The summed E-state index contributed by atoms with van der Waals surface area (Å²) in [5.74, 6) is -0.580. The molecule has 0 aliphatic carbocycles. The van der Waals surface area contributed by atoms with E-state index >= 15 is 0 Å². The Hall–Kier alpha value is -1.32. The average Bonchev–Trinajstić information content (AvgIpc) is 2.15. The number of carbonyl (C=O) groups is 1. The molecule has 0 saturated heterocycles. The maximum Gasteiger partial charge on any atom is 0.244 e. The molecule has 0 unspecified atom stereocenters. The Balaban J connectivity index is 2.74. The lowest BCUT2D eigenvalue weighted by Crippen LogP contribution is -2.05. The molecule has 1 heterocycles. The van der Waals surface area contributed by atoms with Crippen LogP contribution in [0.2, 0.25) is 0 Å². The van der Waals surface area contributed by atoms with Crippen molar-refractivity contribution in [2.45, 2.75) is 6.42 Å². The number of aryl methyl sites for hydroxylation is 1. The third-order valence-corrected chi connectivity index (χ3v) is 1.26. The first-order valence-corrected chi connectivity index (χ1v) is 2.90. The third kappa shape index (κ3) is 1.34. The number of nitrogens with one attached hydrogen (secondary N) is 1. The second-order valence-electron chi connectivity index (χ2n) is 2.10. The molecule has 1 N–H and O–H groups in total. The summed E-state index contributed by atoms with van der Waals surface area (Å²) >= 11 is 0. The van der Waals surface area contributed by atoms with Gasteiger partial charge in [-0.2, -0.15) is 0 Å². The van der Waals surface area contributed by atoms with Crippen molar-refractivity contribution in [2.24, 2.45) is 7.05 Å². The van der Waals surface area contributed by atoms with E-state index in [4.69, 9.17) is 5.73 Å². The van der Waals surface area contributed by atoms with E-state index in [1.807, 2.05) is 0 Å². The first-order chi connectivity index (χ1) is 4.70. The van der Waals surface area contributed by atoms with Crippen LogP contribution in [0.3, 0.4) is 0 Å². The zero-order chi connectivity index (χ0) is 7.56. The summed E-state index contributed by atoms with van der Waals surface area (Å²) in [6.07, 6.45) is 3.35. The highest BCUT2D eigenvalue weighted by Crippen LogP contribution is 1.95. The predicted molar refractivity (Wildman–Crippen MR) is 35.0 cm³/mol. The maximum atomic E-state index is 10.3.